The lowest BCUT2D eigenvalue weighted by Crippen LogP contribution is -2.15. The summed E-state index contributed by atoms with van der Waals surface area (Å²) >= 11 is 0. The zero-order valence-corrected chi connectivity index (χ0v) is 9.94. The quantitative estimate of drug-likeness (QED) is 0.834. The van der Waals surface area contributed by atoms with Crippen LogP contribution in [0.3, 0.4) is 0 Å². The third kappa shape index (κ3) is 1.54. The summed E-state index contributed by atoms with van der Waals surface area (Å²) in [6.45, 7) is 2.21. The van der Waals surface area contributed by atoms with Gasteiger partial charge in [-0.3, -0.25) is 0 Å². The van der Waals surface area contributed by atoms with E-state index in [1.165, 1.54) is 6.42 Å². The monoisotopic (exact) mass is 246 g/mol. The minimum Gasteiger partial charge on any atom is -0.486 e. The second-order valence-electron chi connectivity index (χ2n) is 4.66. The number of nitrogens with one attached hydrogen (secondary N) is 1. The third-order valence-electron chi connectivity index (χ3n) is 3.43. The highest BCUT2D eigenvalue weighted by Gasteiger charge is 2.23. The molecule has 0 bridgehead atoms. The van der Waals surface area contributed by atoms with E-state index in [1.54, 1.807) is 0 Å². The fraction of sp³-hybridized carbons (Fsp3) is 0.462. The van der Waals surface area contributed by atoms with Crippen molar-refractivity contribution < 1.29 is 13.9 Å². The molecular weight excluding hydrogens is 232 g/mol. The van der Waals surface area contributed by atoms with Crippen LogP contribution in [0.5, 0.6) is 11.5 Å². The topological polar surface area (TPSA) is 56.5 Å². The molecule has 1 atom stereocenters. The van der Waals surface area contributed by atoms with Crippen LogP contribution in [0, 0.1) is 0 Å². The molecule has 0 radical (unpaired) electrons. The molecule has 1 aromatic carbocycles. The van der Waals surface area contributed by atoms with Crippen molar-refractivity contribution >= 4 is 11.1 Å². The van der Waals surface area contributed by atoms with Crippen LogP contribution in [0.4, 0.5) is 0 Å². The van der Waals surface area contributed by atoms with Crippen molar-refractivity contribution in [2.45, 2.75) is 18.9 Å². The van der Waals surface area contributed by atoms with E-state index in [0.29, 0.717) is 13.2 Å². The van der Waals surface area contributed by atoms with Gasteiger partial charge in [0.25, 0.3) is 0 Å². The van der Waals surface area contributed by atoms with Crippen LogP contribution in [0.15, 0.2) is 16.5 Å². The van der Waals surface area contributed by atoms with Gasteiger partial charge in [0.2, 0.25) is 5.89 Å². The molecule has 0 saturated carbocycles. The molecular formula is C13H14N2O3. The Morgan fingerprint density at radius 1 is 1.17 bits per heavy atom. The van der Waals surface area contributed by atoms with Gasteiger partial charge in [0, 0.05) is 12.1 Å². The summed E-state index contributed by atoms with van der Waals surface area (Å²) < 4.78 is 16.9. The van der Waals surface area contributed by atoms with Crippen molar-refractivity contribution in [3.05, 3.63) is 18.0 Å². The molecule has 2 aliphatic heterocycles. The molecule has 1 aromatic heterocycles. The first kappa shape index (κ1) is 10.2. The Bertz CT molecular complexity index is 544. The van der Waals surface area contributed by atoms with Crippen LogP contribution in [0.1, 0.15) is 24.8 Å². The van der Waals surface area contributed by atoms with Gasteiger partial charge in [-0.2, -0.15) is 0 Å². The highest BCUT2D eigenvalue weighted by molar-refractivity contribution is 5.77. The van der Waals surface area contributed by atoms with Crippen molar-refractivity contribution in [2.24, 2.45) is 0 Å². The Morgan fingerprint density at radius 2 is 2.00 bits per heavy atom. The Hall–Kier alpha value is -1.75. The molecule has 94 valence electrons. The molecule has 1 fully saturated rings. The molecule has 18 heavy (non-hydrogen) atoms. The molecule has 4 rings (SSSR count). The van der Waals surface area contributed by atoms with Gasteiger partial charge >= 0.3 is 0 Å². The van der Waals surface area contributed by atoms with Crippen molar-refractivity contribution in [1.29, 1.82) is 0 Å². The van der Waals surface area contributed by atoms with Crippen LogP contribution in [0.25, 0.3) is 11.1 Å². The van der Waals surface area contributed by atoms with E-state index in [0.717, 1.165) is 41.5 Å². The predicted octanol–water partition coefficient (Wildman–Crippen LogP) is 2.02. The highest BCUT2D eigenvalue weighted by Crippen LogP contribution is 2.36. The Balaban J connectivity index is 1.79. The van der Waals surface area contributed by atoms with Crippen molar-refractivity contribution in [3.63, 3.8) is 0 Å². The van der Waals surface area contributed by atoms with Gasteiger partial charge in [0.1, 0.15) is 18.7 Å². The number of ether oxygens (including phenoxy) is 2. The molecule has 0 amide bonds. The first-order chi connectivity index (χ1) is 8.90. The summed E-state index contributed by atoms with van der Waals surface area (Å²) in [5.41, 5.74) is 1.60. The second kappa shape index (κ2) is 3.88. The van der Waals surface area contributed by atoms with E-state index in [9.17, 15) is 0 Å². The van der Waals surface area contributed by atoms with Gasteiger partial charge < -0.3 is 19.2 Å². The fourth-order valence-electron chi connectivity index (χ4n) is 2.53. The molecule has 2 aromatic rings. The van der Waals surface area contributed by atoms with E-state index in [-0.39, 0.29) is 6.04 Å². The van der Waals surface area contributed by atoms with Gasteiger partial charge in [-0.15, -0.1) is 0 Å². The van der Waals surface area contributed by atoms with Crippen molar-refractivity contribution in [3.8, 4) is 11.5 Å². The lowest BCUT2D eigenvalue weighted by Gasteiger charge is -2.17. The maximum atomic E-state index is 5.81. The molecule has 1 unspecified atom stereocenters. The van der Waals surface area contributed by atoms with E-state index in [1.807, 2.05) is 12.1 Å². The lowest BCUT2D eigenvalue weighted by molar-refractivity contribution is 0.172. The van der Waals surface area contributed by atoms with E-state index in [4.69, 9.17) is 13.9 Å². The van der Waals surface area contributed by atoms with Gasteiger partial charge in [0.15, 0.2) is 17.1 Å². The smallest absolute Gasteiger partial charge is 0.212 e. The van der Waals surface area contributed by atoms with Crippen molar-refractivity contribution in [2.75, 3.05) is 19.8 Å². The number of hydrogen-bond donors (Lipinski definition) is 1. The first-order valence-corrected chi connectivity index (χ1v) is 6.33. The van der Waals surface area contributed by atoms with Gasteiger partial charge in [-0.25, -0.2) is 4.98 Å². The number of fused-ring (bicyclic) bond motifs is 2. The highest BCUT2D eigenvalue weighted by atomic mass is 16.6. The summed E-state index contributed by atoms with van der Waals surface area (Å²) in [5.74, 6) is 2.27. The molecule has 0 aliphatic carbocycles. The second-order valence-corrected chi connectivity index (χ2v) is 4.66. The van der Waals surface area contributed by atoms with Crippen LogP contribution in [0.2, 0.25) is 0 Å². The molecule has 5 heteroatoms. The average molecular weight is 246 g/mol. The van der Waals surface area contributed by atoms with Crippen LogP contribution in [-0.4, -0.2) is 24.7 Å². The fourth-order valence-corrected chi connectivity index (χ4v) is 2.53. The largest absolute Gasteiger partial charge is 0.486 e. The Kier molecular flexibility index (Phi) is 2.20. The standard InChI is InChI=1S/C13H14N2O3/c1-2-8(14-3-1)13-15-9-6-11-12(7-10(9)18-13)17-5-4-16-11/h6-8,14H,1-5H2. The minimum absolute atomic E-state index is 0.247. The summed E-state index contributed by atoms with van der Waals surface area (Å²) in [5, 5.41) is 3.38. The van der Waals surface area contributed by atoms with Crippen molar-refractivity contribution in [1.82, 2.24) is 10.3 Å². The zero-order valence-electron chi connectivity index (χ0n) is 9.94. The summed E-state index contributed by atoms with van der Waals surface area (Å²) in [4.78, 5) is 4.54. The maximum absolute atomic E-state index is 5.81. The van der Waals surface area contributed by atoms with Crippen LogP contribution in [-0.2, 0) is 0 Å². The normalized spacial score (nSPS) is 22.6. The summed E-state index contributed by atoms with van der Waals surface area (Å²) in [7, 11) is 0. The molecule has 1 saturated heterocycles. The zero-order chi connectivity index (χ0) is 11.9. The molecule has 2 aliphatic rings. The lowest BCUT2D eigenvalue weighted by atomic mass is 10.2. The average Bonchev–Trinajstić information content (AvgIpc) is 3.04. The van der Waals surface area contributed by atoms with Gasteiger partial charge in [-0.05, 0) is 19.4 Å². The Labute approximate surface area is 104 Å². The maximum Gasteiger partial charge on any atom is 0.212 e. The number of benzene rings is 1. The predicted molar refractivity (Wildman–Crippen MR) is 65.0 cm³/mol. The van der Waals surface area contributed by atoms with Gasteiger partial charge in [0.05, 0.1) is 6.04 Å². The SMILES string of the molecule is c1c2c(cc3oc(C4CCCN4)nc13)OCCO2. The number of hydrogen-bond acceptors (Lipinski definition) is 5. The number of oxazole rings is 1. The van der Waals surface area contributed by atoms with Gasteiger partial charge in [-0.1, -0.05) is 0 Å². The van der Waals surface area contributed by atoms with Crippen LogP contribution >= 0.6 is 0 Å². The number of rotatable bonds is 1. The van der Waals surface area contributed by atoms with Crippen LogP contribution < -0.4 is 14.8 Å². The van der Waals surface area contributed by atoms with E-state index in [2.05, 4.69) is 10.3 Å². The molecule has 1 N–H and O–H groups in total. The summed E-state index contributed by atoms with van der Waals surface area (Å²) in [6, 6.07) is 4.01. The minimum atomic E-state index is 0.247. The molecule has 3 heterocycles. The Morgan fingerprint density at radius 3 is 2.78 bits per heavy atom. The third-order valence-corrected chi connectivity index (χ3v) is 3.43. The van der Waals surface area contributed by atoms with E-state index >= 15 is 0 Å². The molecule has 5 nitrogen and oxygen atoms in total. The summed E-state index contributed by atoms with van der Waals surface area (Å²) in [6.07, 6.45) is 2.26. The molecule has 0 spiro atoms. The number of nitrogens with zero attached hydrogens (tertiary/aromatic N) is 1. The van der Waals surface area contributed by atoms with E-state index < -0.39 is 0 Å². The number of aromatic nitrogens is 1. The first-order valence-electron chi connectivity index (χ1n) is 6.33.